The van der Waals surface area contributed by atoms with E-state index >= 15 is 0 Å². The monoisotopic (exact) mass is 223 g/mol. The molecule has 1 aliphatic heterocycles. The zero-order valence-corrected chi connectivity index (χ0v) is 9.37. The van der Waals surface area contributed by atoms with E-state index in [2.05, 4.69) is 14.9 Å². The van der Waals surface area contributed by atoms with Gasteiger partial charge in [0.15, 0.2) is 0 Å². The van der Waals surface area contributed by atoms with Gasteiger partial charge in [0.25, 0.3) is 0 Å². The number of hydrogen-bond acceptors (Lipinski definition) is 3. The summed E-state index contributed by atoms with van der Waals surface area (Å²) in [6.45, 7) is 3.49. The van der Waals surface area contributed by atoms with Gasteiger partial charge in [-0.05, 0) is 29.9 Å². The minimum absolute atomic E-state index is 0.331. The van der Waals surface area contributed by atoms with Crippen LogP contribution >= 0.6 is 11.6 Å². The van der Waals surface area contributed by atoms with Crippen LogP contribution in [0.4, 0.5) is 0 Å². The van der Waals surface area contributed by atoms with Crippen LogP contribution in [0.5, 0.6) is 0 Å². The molecule has 0 amide bonds. The van der Waals surface area contributed by atoms with E-state index in [-0.39, 0.29) is 0 Å². The van der Waals surface area contributed by atoms with E-state index in [0.717, 1.165) is 12.1 Å². The number of likely N-dealkylation sites (tertiary alicyclic amines) is 1. The van der Waals surface area contributed by atoms with Crippen LogP contribution in [0, 0.1) is 5.41 Å². The molecule has 2 fully saturated rings. The first-order valence-electron chi connectivity index (χ1n) is 5.45. The zero-order chi connectivity index (χ0) is 10.3. The van der Waals surface area contributed by atoms with Crippen LogP contribution in [0.3, 0.4) is 0 Å². The Hall–Kier alpha value is -0.670. The fourth-order valence-electron chi connectivity index (χ4n) is 2.69. The van der Waals surface area contributed by atoms with E-state index < -0.39 is 0 Å². The third kappa shape index (κ3) is 1.74. The molecule has 0 radical (unpaired) electrons. The first-order valence-corrected chi connectivity index (χ1v) is 5.82. The highest BCUT2D eigenvalue weighted by Crippen LogP contribution is 2.48. The Morgan fingerprint density at radius 1 is 1.27 bits per heavy atom. The summed E-state index contributed by atoms with van der Waals surface area (Å²) in [4.78, 5) is 10.4. The van der Waals surface area contributed by atoms with Crippen LogP contribution in [0.2, 0.25) is 5.28 Å². The van der Waals surface area contributed by atoms with Crippen LogP contribution in [0.15, 0.2) is 12.4 Å². The van der Waals surface area contributed by atoms with Crippen molar-refractivity contribution in [2.24, 2.45) is 5.41 Å². The Balaban J connectivity index is 1.56. The maximum Gasteiger partial charge on any atom is 0.222 e. The SMILES string of the molecule is Clc1ncc(CN2CC3(CCC3)C2)cn1. The minimum Gasteiger partial charge on any atom is -0.298 e. The van der Waals surface area contributed by atoms with Crippen LogP contribution in [-0.4, -0.2) is 28.0 Å². The number of hydrogen-bond donors (Lipinski definition) is 0. The summed E-state index contributed by atoms with van der Waals surface area (Å²) in [5.74, 6) is 0. The maximum atomic E-state index is 5.64. The van der Waals surface area contributed by atoms with Gasteiger partial charge in [-0.2, -0.15) is 0 Å². The molecule has 1 aromatic rings. The highest BCUT2D eigenvalue weighted by Gasteiger charge is 2.46. The molecule has 2 aliphatic rings. The summed E-state index contributed by atoms with van der Waals surface area (Å²) in [6, 6.07) is 0. The molecule has 1 spiro atoms. The predicted octanol–water partition coefficient (Wildman–Crippen LogP) is 2.12. The molecule has 0 unspecified atom stereocenters. The molecular formula is C11H14ClN3. The van der Waals surface area contributed by atoms with E-state index in [4.69, 9.17) is 11.6 Å². The fourth-order valence-corrected chi connectivity index (χ4v) is 2.78. The maximum absolute atomic E-state index is 5.64. The van der Waals surface area contributed by atoms with E-state index in [1.165, 1.54) is 32.4 Å². The molecule has 1 aromatic heterocycles. The van der Waals surface area contributed by atoms with Crippen molar-refractivity contribution in [3.8, 4) is 0 Å². The molecule has 1 saturated heterocycles. The van der Waals surface area contributed by atoms with Crippen LogP contribution < -0.4 is 0 Å². The molecule has 0 aromatic carbocycles. The molecule has 3 nitrogen and oxygen atoms in total. The zero-order valence-electron chi connectivity index (χ0n) is 8.62. The topological polar surface area (TPSA) is 29.0 Å². The molecule has 0 atom stereocenters. The molecule has 0 N–H and O–H groups in total. The third-order valence-corrected chi connectivity index (χ3v) is 3.81. The summed E-state index contributed by atoms with van der Waals surface area (Å²) in [6.07, 6.45) is 7.93. The Labute approximate surface area is 94.5 Å². The molecule has 15 heavy (non-hydrogen) atoms. The summed E-state index contributed by atoms with van der Waals surface area (Å²) in [5.41, 5.74) is 1.86. The van der Waals surface area contributed by atoms with E-state index in [9.17, 15) is 0 Å². The van der Waals surface area contributed by atoms with Gasteiger partial charge in [0.1, 0.15) is 0 Å². The first kappa shape index (κ1) is 9.55. The minimum atomic E-state index is 0.331. The smallest absolute Gasteiger partial charge is 0.222 e. The molecule has 0 bridgehead atoms. The molecule has 80 valence electrons. The van der Waals surface area contributed by atoms with Crippen molar-refractivity contribution >= 4 is 11.6 Å². The van der Waals surface area contributed by atoms with Gasteiger partial charge in [-0.3, -0.25) is 4.90 Å². The second kappa shape index (κ2) is 3.42. The van der Waals surface area contributed by atoms with Gasteiger partial charge in [0.05, 0.1) is 0 Å². The van der Waals surface area contributed by atoms with Crippen LogP contribution in [0.1, 0.15) is 24.8 Å². The Kier molecular flexibility index (Phi) is 2.18. The van der Waals surface area contributed by atoms with Crippen molar-refractivity contribution in [3.63, 3.8) is 0 Å². The van der Waals surface area contributed by atoms with Crippen molar-refractivity contribution in [2.45, 2.75) is 25.8 Å². The van der Waals surface area contributed by atoms with E-state index in [0.29, 0.717) is 10.7 Å². The third-order valence-electron chi connectivity index (χ3n) is 3.61. The number of aromatic nitrogens is 2. The average Bonchev–Trinajstić information content (AvgIpc) is 2.10. The predicted molar refractivity (Wildman–Crippen MR) is 58.6 cm³/mol. The van der Waals surface area contributed by atoms with Gasteiger partial charge in [0, 0.05) is 37.6 Å². The van der Waals surface area contributed by atoms with E-state index in [1.807, 2.05) is 12.4 Å². The van der Waals surface area contributed by atoms with Crippen molar-refractivity contribution in [1.82, 2.24) is 14.9 Å². The lowest BCUT2D eigenvalue weighted by atomic mass is 9.63. The van der Waals surface area contributed by atoms with Gasteiger partial charge < -0.3 is 0 Å². The number of rotatable bonds is 2. The fraction of sp³-hybridized carbons (Fsp3) is 0.636. The average molecular weight is 224 g/mol. The van der Waals surface area contributed by atoms with Crippen LogP contribution in [0.25, 0.3) is 0 Å². The van der Waals surface area contributed by atoms with Crippen LogP contribution in [-0.2, 0) is 6.54 Å². The lowest BCUT2D eigenvalue weighted by molar-refractivity contribution is -0.0645. The van der Waals surface area contributed by atoms with Crippen molar-refractivity contribution in [2.75, 3.05) is 13.1 Å². The summed E-state index contributed by atoms with van der Waals surface area (Å²) < 4.78 is 0. The Morgan fingerprint density at radius 2 is 1.93 bits per heavy atom. The molecular weight excluding hydrogens is 210 g/mol. The normalized spacial score (nSPS) is 23.5. The quantitative estimate of drug-likeness (QED) is 0.720. The lowest BCUT2D eigenvalue weighted by Crippen LogP contribution is -2.58. The Bertz CT molecular complexity index is 351. The summed E-state index contributed by atoms with van der Waals surface area (Å²) in [5, 5.41) is 0.331. The highest BCUT2D eigenvalue weighted by molar-refractivity contribution is 6.28. The second-order valence-electron chi connectivity index (χ2n) is 4.86. The van der Waals surface area contributed by atoms with Gasteiger partial charge in [-0.15, -0.1) is 0 Å². The largest absolute Gasteiger partial charge is 0.298 e. The highest BCUT2D eigenvalue weighted by atomic mass is 35.5. The van der Waals surface area contributed by atoms with Crippen molar-refractivity contribution in [1.29, 1.82) is 0 Å². The molecule has 4 heteroatoms. The van der Waals surface area contributed by atoms with Crippen molar-refractivity contribution < 1.29 is 0 Å². The second-order valence-corrected chi connectivity index (χ2v) is 5.20. The van der Waals surface area contributed by atoms with Gasteiger partial charge in [-0.25, -0.2) is 9.97 Å². The van der Waals surface area contributed by atoms with Gasteiger partial charge >= 0.3 is 0 Å². The summed E-state index contributed by atoms with van der Waals surface area (Å²) in [7, 11) is 0. The molecule has 1 aliphatic carbocycles. The van der Waals surface area contributed by atoms with Crippen molar-refractivity contribution in [3.05, 3.63) is 23.2 Å². The first-order chi connectivity index (χ1) is 7.26. The summed E-state index contributed by atoms with van der Waals surface area (Å²) >= 11 is 5.64. The molecule has 1 saturated carbocycles. The van der Waals surface area contributed by atoms with E-state index in [1.54, 1.807) is 0 Å². The number of nitrogens with zero attached hydrogens (tertiary/aromatic N) is 3. The standard InChI is InChI=1S/C11H14ClN3/c12-10-13-4-9(5-14-10)6-15-7-11(8-15)2-1-3-11/h4-5H,1-3,6-8H2. The van der Waals surface area contributed by atoms with Gasteiger partial charge in [0.2, 0.25) is 5.28 Å². The Morgan fingerprint density at radius 3 is 2.47 bits per heavy atom. The number of halogens is 1. The van der Waals surface area contributed by atoms with Gasteiger partial charge in [-0.1, -0.05) is 6.42 Å². The lowest BCUT2D eigenvalue weighted by Gasteiger charge is -2.56. The molecule has 2 heterocycles. The molecule has 3 rings (SSSR count).